The third-order valence-corrected chi connectivity index (χ3v) is 3.43. The van der Waals surface area contributed by atoms with Gasteiger partial charge in [0.05, 0.1) is 4.47 Å². The third kappa shape index (κ3) is 4.21. The van der Waals surface area contributed by atoms with Crippen molar-refractivity contribution in [3.8, 4) is 0 Å². The summed E-state index contributed by atoms with van der Waals surface area (Å²) in [7, 11) is 0. The van der Waals surface area contributed by atoms with Crippen molar-refractivity contribution in [2.75, 3.05) is 6.61 Å². The number of aryl methyl sites for hydroxylation is 1. The summed E-state index contributed by atoms with van der Waals surface area (Å²) < 4.78 is 18.9. The Balaban J connectivity index is 2.56. The minimum atomic E-state index is -0.382. The molecule has 0 aromatic heterocycles. The zero-order valence-corrected chi connectivity index (χ0v) is 11.6. The minimum Gasteiger partial charge on any atom is -0.371 e. The Morgan fingerprint density at radius 3 is 2.88 bits per heavy atom. The van der Waals surface area contributed by atoms with Gasteiger partial charge < -0.3 is 4.74 Å². The Morgan fingerprint density at radius 2 is 2.24 bits per heavy atom. The molecule has 1 unspecified atom stereocenters. The summed E-state index contributed by atoms with van der Waals surface area (Å²) in [6.45, 7) is 4.12. The standard InChI is InChI=1S/C13H16BrFO2/c1-3-17-9(2)12(16)8-7-10-5-4-6-11(15)13(10)14/h4-6,9H,3,7-8H2,1-2H3. The van der Waals surface area contributed by atoms with Gasteiger partial charge in [-0.15, -0.1) is 0 Å². The molecule has 0 heterocycles. The van der Waals surface area contributed by atoms with Crippen molar-refractivity contribution in [1.82, 2.24) is 0 Å². The number of ketones is 1. The van der Waals surface area contributed by atoms with Gasteiger partial charge in [0.15, 0.2) is 5.78 Å². The highest BCUT2D eigenvalue weighted by Crippen LogP contribution is 2.21. The smallest absolute Gasteiger partial charge is 0.161 e. The molecular formula is C13H16BrFO2. The second-order valence-corrected chi connectivity index (χ2v) is 4.57. The summed E-state index contributed by atoms with van der Waals surface area (Å²) >= 11 is 3.18. The monoisotopic (exact) mass is 302 g/mol. The van der Waals surface area contributed by atoms with Gasteiger partial charge in [0.1, 0.15) is 11.9 Å². The topological polar surface area (TPSA) is 26.3 Å². The van der Waals surface area contributed by atoms with Gasteiger partial charge in [-0.25, -0.2) is 4.39 Å². The molecule has 0 saturated carbocycles. The molecule has 0 aliphatic carbocycles. The molecule has 0 radical (unpaired) electrons. The highest BCUT2D eigenvalue weighted by molar-refractivity contribution is 9.10. The van der Waals surface area contributed by atoms with E-state index in [0.717, 1.165) is 5.56 Å². The predicted molar refractivity (Wildman–Crippen MR) is 68.5 cm³/mol. The number of hydrogen-bond acceptors (Lipinski definition) is 2. The maximum atomic E-state index is 13.2. The van der Waals surface area contributed by atoms with Crippen molar-refractivity contribution in [2.45, 2.75) is 32.8 Å². The normalized spacial score (nSPS) is 12.5. The van der Waals surface area contributed by atoms with Crippen molar-refractivity contribution in [3.05, 3.63) is 34.1 Å². The lowest BCUT2D eigenvalue weighted by molar-refractivity contribution is -0.129. The molecule has 0 amide bonds. The fraction of sp³-hybridized carbons (Fsp3) is 0.462. The van der Waals surface area contributed by atoms with Crippen LogP contribution in [0.4, 0.5) is 4.39 Å². The average Bonchev–Trinajstić information content (AvgIpc) is 2.31. The third-order valence-electron chi connectivity index (χ3n) is 2.54. The van der Waals surface area contributed by atoms with Crippen LogP contribution in [0.5, 0.6) is 0 Å². The molecule has 0 spiro atoms. The molecule has 0 N–H and O–H groups in total. The lowest BCUT2D eigenvalue weighted by atomic mass is 10.1. The van der Waals surface area contributed by atoms with Crippen LogP contribution >= 0.6 is 15.9 Å². The lowest BCUT2D eigenvalue weighted by Gasteiger charge is -2.10. The molecule has 0 bridgehead atoms. The Bertz CT molecular complexity index is 393. The van der Waals surface area contributed by atoms with Gasteiger partial charge in [0.2, 0.25) is 0 Å². The first-order valence-corrected chi connectivity index (χ1v) is 6.42. The van der Waals surface area contributed by atoms with Crippen molar-refractivity contribution in [1.29, 1.82) is 0 Å². The lowest BCUT2D eigenvalue weighted by Crippen LogP contribution is -2.21. The van der Waals surface area contributed by atoms with Gasteiger partial charge in [-0.1, -0.05) is 12.1 Å². The summed E-state index contributed by atoms with van der Waals surface area (Å²) in [5, 5.41) is 0. The number of carbonyl (C=O) groups excluding carboxylic acids is 1. The first kappa shape index (κ1) is 14.3. The molecule has 1 rings (SSSR count). The second-order valence-electron chi connectivity index (χ2n) is 3.78. The Hall–Kier alpha value is -0.740. The highest BCUT2D eigenvalue weighted by Gasteiger charge is 2.13. The molecule has 0 saturated heterocycles. The number of Topliss-reactive ketones (excluding diaryl/α,β-unsaturated/α-hetero) is 1. The molecular weight excluding hydrogens is 287 g/mol. The highest BCUT2D eigenvalue weighted by atomic mass is 79.9. The van der Waals surface area contributed by atoms with Crippen LogP contribution in [0.15, 0.2) is 22.7 Å². The van der Waals surface area contributed by atoms with Crippen LogP contribution < -0.4 is 0 Å². The van der Waals surface area contributed by atoms with Crippen LogP contribution in [0.1, 0.15) is 25.8 Å². The van der Waals surface area contributed by atoms with Crippen molar-refractivity contribution in [3.63, 3.8) is 0 Å². The van der Waals surface area contributed by atoms with E-state index in [0.29, 0.717) is 23.9 Å². The van der Waals surface area contributed by atoms with Gasteiger partial charge in [0.25, 0.3) is 0 Å². The first-order chi connectivity index (χ1) is 8.06. The minimum absolute atomic E-state index is 0.0445. The van der Waals surface area contributed by atoms with Gasteiger partial charge in [-0.05, 0) is 47.8 Å². The maximum absolute atomic E-state index is 13.2. The van der Waals surface area contributed by atoms with Gasteiger partial charge in [0, 0.05) is 13.0 Å². The molecule has 2 nitrogen and oxygen atoms in total. The fourth-order valence-corrected chi connectivity index (χ4v) is 2.01. The molecule has 4 heteroatoms. The zero-order chi connectivity index (χ0) is 12.8. The fourth-order valence-electron chi connectivity index (χ4n) is 1.55. The van der Waals surface area contributed by atoms with E-state index < -0.39 is 0 Å². The van der Waals surface area contributed by atoms with Crippen LogP contribution in [-0.4, -0.2) is 18.5 Å². The van der Waals surface area contributed by atoms with E-state index in [4.69, 9.17) is 4.74 Å². The number of hydrogen-bond donors (Lipinski definition) is 0. The largest absolute Gasteiger partial charge is 0.371 e. The van der Waals surface area contributed by atoms with Crippen molar-refractivity contribution in [2.24, 2.45) is 0 Å². The zero-order valence-electron chi connectivity index (χ0n) is 10.0. The van der Waals surface area contributed by atoms with E-state index in [2.05, 4.69) is 15.9 Å². The van der Waals surface area contributed by atoms with Gasteiger partial charge >= 0.3 is 0 Å². The Morgan fingerprint density at radius 1 is 1.53 bits per heavy atom. The van der Waals surface area contributed by atoms with Crippen LogP contribution in [-0.2, 0) is 16.0 Å². The average molecular weight is 303 g/mol. The molecule has 94 valence electrons. The molecule has 17 heavy (non-hydrogen) atoms. The molecule has 0 fully saturated rings. The van der Waals surface area contributed by atoms with Gasteiger partial charge in [-0.3, -0.25) is 4.79 Å². The summed E-state index contributed by atoms with van der Waals surface area (Å²) in [6, 6.07) is 4.84. The summed E-state index contributed by atoms with van der Waals surface area (Å²) in [6.07, 6.45) is 0.505. The number of halogens is 2. The quantitative estimate of drug-likeness (QED) is 0.804. The number of rotatable bonds is 6. The van der Waals surface area contributed by atoms with Gasteiger partial charge in [-0.2, -0.15) is 0 Å². The van der Waals surface area contributed by atoms with Crippen LogP contribution in [0.25, 0.3) is 0 Å². The Labute approximate surface area is 109 Å². The van der Waals surface area contributed by atoms with E-state index in [-0.39, 0.29) is 17.7 Å². The molecule has 0 aliphatic rings. The van der Waals surface area contributed by atoms with E-state index in [1.54, 1.807) is 13.0 Å². The van der Waals surface area contributed by atoms with E-state index >= 15 is 0 Å². The molecule has 0 aliphatic heterocycles. The number of ether oxygens (including phenoxy) is 1. The van der Waals surface area contributed by atoms with Crippen molar-refractivity contribution < 1.29 is 13.9 Å². The molecule has 1 aromatic carbocycles. The van der Waals surface area contributed by atoms with Crippen molar-refractivity contribution >= 4 is 21.7 Å². The number of carbonyl (C=O) groups is 1. The first-order valence-electron chi connectivity index (χ1n) is 5.63. The van der Waals surface area contributed by atoms with E-state index in [1.807, 2.05) is 13.0 Å². The molecule has 1 aromatic rings. The van der Waals surface area contributed by atoms with Crippen LogP contribution in [0, 0.1) is 5.82 Å². The molecule has 1 atom stereocenters. The SMILES string of the molecule is CCOC(C)C(=O)CCc1cccc(F)c1Br. The summed E-state index contributed by atoms with van der Waals surface area (Å²) in [5.74, 6) is -0.254. The van der Waals surface area contributed by atoms with Crippen LogP contribution in [0.3, 0.4) is 0 Å². The second kappa shape index (κ2) is 6.87. The Kier molecular flexibility index (Phi) is 5.78. The predicted octanol–water partition coefficient (Wildman–Crippen LogP) is 3.51. The van der Waals surface area contributed by atoms with Crippen LogP contribution in [0.2, 0.25) is 0 Å². The summed E-state index contributed by atoms with van der Waals surface area (Å²) in [4.78, 5) is 11.7. The number of benzene rings is 1. The maximum Gasteiger partial charge on any atom is 0.161 e. The van der Waals surface area contributed by atoms with E-state index in [9.17, 15) is 9.18 Å². The van der Waals surface area contributed by atoms with E-state index in [1.165, 1.54) is 6.07 Å². The summed E-state index contributed by atoms with van der Waals surface area (Å²) in [5.41, 5.74) is 0.807.